The first kappa shape index (κ1) is 22.9. The highest BCUT2D eigenvalue weighted by molar-refractivity contribution is 7.99. The molecule has 0 unspecified atom stereocenters. The second kappa shape index (κ2) is 11.6. The Labute approximate surface area is 195 Å². The number of aliphatic hydroxyl groups excluding tert-OH is 1. The normalized spacial score (nSPS) is 17.7. The molecule has 4 nitrogen and oxygen atoms in total. The van der Waals surface area contributed by atoms with E-state index in [2.05, 4.69) is 24.0 Å². The molecule has 1 aliphatic heterocycles. The maximum Gasteiger partial charge on any atom is 0.130 e. The lowest BCUT2D eigenvalue weighted by atomic mass is 10.0. The number of unbranched alkanes of at least 4 members (excludes halogenated alkanes) is 5. The van der Waals surface area contributed by atoms with Crippen LogP contribution in [0.2, 0.25) is 0 Å². The van der Waals surface area contributed by atoms with Gasteiger partial charge < -0.3 is 14.6 Å². The predicted octanol–water partition coefficient (Wildman–Crippen LogP) is 6.70. The molecule has 0 saturated heterocycles. The van der Waals surface area contributed by atoms with Crippen LogP contribution in [0.5, 0.6) is 11.5 Å². The first-order valence-electron chi connectivity index (χ1n) is 11.8. The summed E-state index contributed by atoms with van der Waals surface area (Å²) in [6, 6.07) is 17.8. The van der Waals surface area contributed by atoms with E-state index < -0.39 is 6.10 Å². The molecule has 0 bridgehead atoms. The Morgan fingerprint density at radius 2 is 1.88 bits per heavy atom. The number of aliphatic hydroxyl groups is 1. The van der Waals surface area contributed by atoms with E-state index in [0.717, 1.165) is 39.4 Å². The number of para-hydroxylation sites is 1. The Kier molecular flexibility index (Phi) is 8.30. The van der Waals surface area contributed by atoms with Gasteiger partial charge in [0.15, 0.2) is 0 Å². The fourth-order valence-electron chi connectivity index (χ4n) is 4.04. The fraction of sp³-hybridized carbons (Fsp3) is 0.444. The zero-order valence-corrected chi connectivity index (χ0v) is 19.7. The van der Waals surface area contributed by atoms with Crippen molar-refractivity contribution in [3.05, 3.63) is 65.9 Å². The molecule has 170 valence electrons. The Hall–Kier alpha value is -2.24. The third-order valence-corrected chi connectivity index (χ3v) is 7.27. The molecule has 1 aromatic heterocycles. The standard InChI is InChI=1S/C27H33NO3S/c1-2-3-4-5-6-9-16-32-26-19-31-25-15-14-22(17-23(25)27(26)29)30-18-21-13-12-20-10-7-8-11-24(20)28-21/h7-8,10-15,17,26-27,29H,2-6,9,16,18-19H2,1H3/t26-,27-/m1/s1. The quantitative estimate of drug-likeness (QED) is 0.329. The van der Waals surface area contributed by atoms with Crippen molar-refractivity contribution in [2.45, 2.75) is 63.4 Å². The van der Waals surface area contributed by atoms with Crippen molar-refractivity contribution in [3.63, 3.8) is 0 Å². The van der Waals surface area contributed by atoms with Crippen LogP contribution in [-0.2, 0) is 6.61 Å². The Morgan fingerprint density at radius 3 is 2.78 bits per heavy atom. The third-order valence-electron chi connectivity index (χ3n) is 5.93. The summed E-state index contributed by atoms with van der Waals surface area (Å²) >= 11 is 1.82. The lowest BCUT2D eigenvalue weighted by Crippen LogP contribution is -2.28. The topological polar surface area (TPSA) is 51.6 Å². The van der Waals surface area contributed by atoms with E-state index in [4.69, 9.17) is 9.47 Å². The van der Waals surface area contributed by atoms with Gasteiger partial charge in [-0.3, -0.25) is 0 Å². The van der Waals surface area contributed by atoms with E-state index >= 15 is 0 Å². The van der Waals surface area contributed by atoms with Gasteiger partial charge in [0.05, 0.1) is 22.6 Å². The van der Waals surface area contributed by atoms with E-state index in [1.807, 2.05) is 54.2 Å². The lowest BCUT2D eigenvalue weighted by Gasteiger charge is -2.30. The maximum absolute atomic E-state index is 11.0. The van der Waals surface area contributed by atoms with Crippen molar-refractivity contribution in [1.82, 2.24) is 4.98 Å². The molecule has 1 N–H and O–H groups in total. The Balaban J connectivity index is 1.31. The van der Waals surface area contributed by atoms with Gasteiger partial charge in [0, 0.05) is 10.9 Å². The summed E-state index contributed by atoms with van der Waals surface area (Å²) in [5.74, 6) is 2.55. The van der Waals surface area contributed by atoms with E-state index in [-0.39, 0.29) is 5.25 Å². The molecular formula is C27H33NO3S. The summed E-state index contributed by atoms with van der Waals surface area (Å²) in [4.78, 5) is 4.67. The van der Waals surface area contributed by atoms with Gasteiger partial charge in [0.25, 0.3) is 0 Å². The number of rotatable bonds is 11. The number of hydrogen-bond donors (Lipinski definition) is 1. The summed E-state index contributed by atoms with van der Waals surface area (Å²) in [6.07, 6.45) is 7.20. The molecule has 32 heavy (non-hydrogen) atoms. The SMILES string of the molecule is CCCCCCCCS[C@@H]1COc2ccc(OCc3ccc4ccccc4n3)cc2[C@H]1O. The second-order valence-corrected chi connectivity index (χ2v) is 9.76. The van der Waals surface area contributed by atoms with Crippen LogP contribution < -0.4 is 9.47 Å². The van der Waals surface area contributed by atoms with Crippen LogP contribution >= 0.6 is 11.8 Å². The number of nitrogens with zero attached hydrogens (tertiary/aromatic N) is 1. The summed E-state index contributed by atoms with van der Waals surface area (Å²) in [6.45, 7) is 3.18. The molecule has 0 aliphatic carbocycles. The molecule has 0 fully saturated rings. The molecule has 5 heteroatoms. The molecule has 2 atom stereocenters. The number of benzene rings is 2. The zero-order valence-electron chi connectivity index (χ0n) is 18.8. The molecule has 0 radical (unpaired) electrons. The van der Waals surface area contributed by atoms with Crippen LogP contribution in [0.3, 0.4) is 0 Å². The fourth-order valence-corrected chi connectivity index (χ4v) is 5.21. The number of aromatic nitrogens is 1. The van der Waals surface area contributed by atoms with Gasteiger partial charge in [0.2, 0.25) is 0 Å². The molecule has 0 saturated carbocycles. The van der Waals surface area contributed by atoms with Gasteiger partial charge in [-0.2, -0.15) is 11.8 Å². The minimum Gasteiger partial charge on any atom is -0.492 e. The van der Waals surface area contributed by atoms with Gasteiger partial charge in [0.1, 0.15) is 24.7 Å². The van der Waals surface area contributed by atoms with E-state index in [9.17, 15) is 5.11 Å². The summed E-state index contributed by atoms with van der Waals surface area (Å²) in [5.41, 5.74) is 2.67. The van der Waals surface area contributed by atoms with Crippen LogP contribution in [0.15, 0.2) is 54.6 Å². The van der Waals surface area contributed by atoms with Crippen LogP contribution in [-0.4, -0.2) is 27.7 Å². The van der Waals surface area contributed by atoms with Crippen molar-refractivity contribution in [1.29, 1.82) is 0 Å². The van der Waals surface area contributed by atoms with Crippen molar-refractivity contribution in [2.24, 2.45) is 0 Å². The molecule has 1 aliphatic rings. The molecular weight excluding hydrogens is 418 g/mol. The third kappa shape index (κ3) is 5.96. The van der Waals surface area contributed by atoms with Gasteiger partial charge >= 0.3 is 0 Å². The van der Waals surface area contributed by atoms with Gasteiger partial charge in [-0.25, -0.2) is 4.98 Å². The molecule has 4 rings (SSSR count). The number of fused-ring (bicyclic) bond motifs is 2. The predicted molar refractivity (Wildman–Crippen MR) is 133 cm³/mol. The highest BCUT2D eigenvalue weighted by Crippen LogP contribution is 2.39. The van der Waals surface area contributed by atoms with Gasteiger partial charge in [-0.05, 0) is 42.5 Å². The minimum absolute atomic E-state index is 0.0653. The highest BCUT2D eigenvalue weighted by Gasteiger charge is 2.30. The number of pyridine rings is 1. The number of hydrogen-bond acceptors (Lipinski definition) is 5. The van der Waals surface area contributed by atoms with Crippen LogP contribution in [0.1, 0.15) is 62.8 Å². The molecule has 2 heterocycles. The first-order chi connectivity index (χ1) is 15.7. The monoisotopic (exact) mass is 451 g/mol. The van der Waals surface area contributed by atoms with E-state index in [1.165, 1.54) is 38.5 Å². The molecule has 0 spiro atoms. The first-order valence-corrected chi connectivity index (χ1v) is 12.8. The average molecular weight is 452 g/mol. The smallest absolute Gasteiger partial charge is 0.130 e. The van der Waals surface area contributed by atoms with Gasteiger partial charge in [-0.1, -0.05) is 63.3 Å². The van der Waals surface area contributed by atoms with Crippen LogP contribution in [0, 0.1) is 0 Å². The molecule has 3 aromatic rings. The zero-order chi connectivity index (χ0) is 22.2. The van der Waals surface area contributed by atoms with Crippen molar-refractivity contribution in [3.8, 4) is 11.5 Å². The van der Waals surface area contributed by atoms with Gasteiger partial charge in [-0.15, -0.1) is 0 Å². The maximum atomic E-state index is 11.0. The summed E-state index contributed by atoms with van der Waals surface area (Å²) in [5, 5.41) is 12.1. The average Bonchev–Trinajstić information content (AvgIpc) is 2.83. The molecule has 2 aromatic carbocycles. The number of thioether (sulfide) groups is 1. The van der Waals surface area contributed by atoms with Crippen molar-refractivity contribution < 1.29 is 14.6 Å². The van der Waals surface area contributed by atoms with Crippen molar-refractivity contribution >= 4 is 22.7 Å². The number of ether oxygens (including phenoxy) is 2. The van der Waals surface area contributed by atoms with Crippen LogP contribution in [0.4, 0.5) is 0 Å². The second-order valence-electron chi connectivity index (χ2n) is 8.42. The van der Waals surface area contributed by atoms with E-state index in [0.29, 0.717) is 13.2 Å². The van der Waals surface area contributed by atoms with Crippen LogP contribution in [0.25, 0.3) is 10.9 Å². The molecule has 0 amide bonds. The van der Waals surface area contributed by atoms with E-state index in [1.54, 1.807) is 0 Å². The highest BCUT2D eigenvalue weighted by atomic mass is 32.2. The summed E-state index contributed by atoms with van der Waals surface area (Å²) in [7, 11) is 0. The summed E-state index contributed by atoms with van der Waals surface area (Å²) < 4.78 is 11.9. The largest absolute Gasteiger partial charge is 0.492 e. The minimum atomic E-state index is -0.536. The lowest BCUT2D eigenvalue weighted by molar-refractivity contribution is 0.122. The Bertz CT molecular complexity index is 1010. The Morgan fingerprint density at radius 1 is 1.03 bits per heavy atom. The van der Waals surface area contributed by atoms with Crippen molar-refractivity contribution in [2.75, 3.05) is 12.4 Å².